The van der Waals surface area contributed by atoms with Crippen molar-refractivity contribution in [2.75, 3.05) is 11.9 Å². The number of carbonyl (C=O) groups is 1. The number of hydrogen-bond acceptors (Lipinski definition) is 8. The van der Waals surface area contributed by atoms with Crippen molar-refractivity contribution in [1.29, 1.82) is 0 Å². The smallest absolute Gasteiger partial charge is 0.405 e. The molecule has 1 amide bonds. The summed E-state index contributed by atoms with van der Waals surface area (Å²) in [5.74, 6) is -2.68. The van der Waals surface area contributed by atoms with E-state index in [9.17, 15) is 24.2 Å². The Bertz CT molecular complexity index is 1660. The SMILES string of the molecule is CC(C)(C)[Si](OC[C@H]1O[C@@H](n2ccc(NC(=O)c3ccccc3)nc2=O)C[C@]1(O)O[P+](=O)O)(c1ccccc1)c1ccccc1. The molecule has 1 aromatic heterocycles. The maximum absolute atomic E-state index is 13.1. The number of nitrogens with zero attached hydrogens (tertiary/aromatic N) is 2. The summed E-state index contributed by atoms with van der Waals surface area (Å²) >= 11 is 0. The number of benzene rings is 3. The number of aromatic nitrogens is 2. The number of amides is 1. The molecule has 5 rings (SSSR count). The summed E-state index contributed by atoms with van der Waals surface area (Å²) in [7, 11) is -6.33. The van der Waals surface area contributed by atoms with Gasteiger partial charge in [-0.05, 0) is 33.6 Å². The standard InChI is InChI=1S/C32H34N3O8PSi/c1-31(2,3)45(24-15-9-5-10-16-24,25-17-11-6-12-18-25)41-22-26-32(38,43-44(39)40)21-28(42-26)35-20-19-27(34-30(35)37)33-29(36)23-13-7-4-8-14-23/h4-20,26,28,38H,21-22H2,1-3H3,(H-,33,34,36,37,39,40)/p+1/t26-,28-,32+/m1/s1. The van der Waals surface area contributed by atoms with Crippen LogP contribution in [0.4, 0.5) is 5.82 Å². The molecule has 1 aliphatic rings. The highest BCUT2D eigenvalue weighted by Gasteiger charge is 2.57. The zero-order chi connectivity index (χ0) is 32.2. The van der Waals surface area contributed by atoms with Crippen molar-refractivity contribution in [1.82, 2.24) is 9.55 Å². The molecule has 0 radical (unpaired) electrons. The Balaban J connectivity index is 1.44. The lowest BCUT2D eigenvalue weighted by molar-refractivity contribution is -0.183. The van der Waals surface area contributed by atoms with Crippen LogP contribution < -0.4 is 21.4 Å². The van der Waals surface area contributed by atoms with Crippen molar-refractivity contribution in [2.45, 2.75) is 50.3 Å². The third-order valence-electron chi connectivity index (χ3n) is 7.81. The van der Waals surface area contributed by atoms with Gasteiger partial charge in [0.2, 0.25) is 0 Å². The van der Waals surface area contributed by atoms with E-state index in [1.807, 2.05) is 60.7 Å². The van der Waals surface area contributed by atoms with Crippen LogP contribution >= 0.6 is 8.25 Å². The molecule has 4 aromatic rings. The molecule has 11 nitrogen and oxygen atoms in total. The molecule has 1 unspecified atom stereocenters. The average Bonchev–Trinajstić information content (AvgIpc) is 3.33. The lowest BCUT2D eigenvalue weighted by atomic mass is 10.1. The molecule has 45 heavy (non-hydrogen) atoms. The summed E-state index contributed by atoms with van der Waals surface area (Å²) in [5, 5.41) is 15.7. The first kappa shape index (κ1) is 32.5. The van der Waals surface area contributed by atoms with Crippen molar-refractivity contribution in [3.8, 4) is 0 Å². The molecule has 4 atom stereocenters. The van der Waals surface area contributed by atoms with Crippen LogP contribution in [0.1, 0.15) is 43.8 Å². The molecule has 1 fully saturated rings. The van der Waals surface area contributed by atoms with Crippen molar-refractivity contribution in [3.63, 3.8) is 0 Å². The highest BCUT2D eigenvalue weighted by Crippen LogP contribution is 2.43. The van der Waals surface area contributed by atoms with E-state index < -0.39 is 51.3 Å². The summed E-state index contributed by atoms with van der Waals surface area (Å²) in [4.78, 5) is 39.2. The van der Waals surface area contributed by atoms with Crippen LogP contribution in [0.15, 0.2) is 108 Å². The number of aliphatic hydroxyl groups is 1. The molecular formula is C32H35N3O8PSi+. The van der Waals surface area contributed by atoms with Crippen LogP contribution in [0.3, 0.4) is 0 Å². The molecule has 3 aromatic carbocycles. The van der Waals surface area contributed by atoms with E-state index in [0.29, 0.717) is 5.56 Å². The van der Waals surface area contributed by atoms with Gasteiger partial charge in [0.1, 0.15) is 18.1 Å². The highest BCUT2D eigenvalue weighted by atomic mass is 31.1. The van der Waals surface area contributed by atoms with Crippen LogP contribution in [-0.4, -0.2) is 52.3 Å². The van der Waals surface area contributed by atoms with Gasteiger partial charge in [0.15, 0.2) is 0 Å². The highest BCUT2D eigenvalue weighted by molar-refractivity contribution is 7.32. The maximum atomic E-state index is 13.1. The quantitative estimate of drug-likeness (QED) is 0.133. The molecule has 234 valence electrons. The van der Waals surface area contributed by atoms with Gasteiger partial charge in [0.05, 0.1) is 13.0 Å². The third kappa shape index (κ3) is 6.87. The summed E-state index contributed by atoms with van der Waals surface area (Å²) in [6, 6.07) is 29.6. The molecule has 3 N–H and O–H groups in total. The fourth-order valence-corrected chi connectivity index (χ4v) is 10.8. The largest absolute Gasteiger partial charge is 0.697 e. The lowest BCUT2D eigenvalue weighted by Crippen LogP contribution is -2.67. The monoisotopic (exact) mass is 648 g/mol. The Morgan fingerprint density at radius 3 is 2.09 bits per heavy atom. The van der Waals surface area contributed by atoms with E-state index in [2.05, 4.69) is 31.1 Å². The van der Waals surface area contributed by atoms with E-state index in [1.54, 1.807) is 30.3 Å². The normalized spacial score (nSPS) is 20.5. The zero-order valence-electron chi connectivity index (χ0n) is 25.1. The van der Waals surface area contributed by atoms with Gasteiger partial charge >= 0.3 is 13.9 Å². The zero-order valence-corrected chi connectivity index (χ0v) is 27.0. The predicted octanol–water partition coefficient (Wildman–Crippen LogP) is 3.71. The van der Waals surface area contributed by atoms with Gasteiger partial charge in [-0.1, -0.05) is 104 Å². The minimum atomic E-state index is -3.24. The number of rotatable bonds is 10. The van der Waals surface area contributed by atoms with Crippen LogP contribution in [0.2, 0.25) is 5.04 Å². The number of hydrogen-bond donors (Lipinski definition) is 3. The average molecular weight is 649 g/mol. The molecule has 0 spiro atoms. The molecular weight excluding hydrogens is 613 g/mol. The predicted molar refractivity (Wildman–Crippen MR) is 171 cm³/mol. The Morgan fingerprint density at radius 2 is 1.58 bits per heavy atom. The van der Waals surface area contributed by atoms with E-state index in [0.717, 1.165) is 14.9 Å². The van der Waals surface area contributed by atoms with Gasteiger partial charge in [0, 0.05) is 16.3 Å². The Kier molecular flexibility index (Phi) is 9.56. The fourth-order valence-electron chi connectivity index (χ4n) is 5.73. The fraction of sp³-hybridized carbons (Fsp3) is 0.281. The Labute approximate surface area is 262 Å². The Morgan fingerprint density at radius 1 is 1.02 bits per heavy atom. The minimum Gasteiger partial charge on any atom is -0.405 e. The molecule has 1 saturated heterocycles. The molecule has 0 saturated carbocycles. The van der Waals surface area contributed by atoms with Crippen LogP contribution in [0.5, 0.6) is 0 Å². The third-order valence-corrected chi connectivity index (χ3v) is 13.3. The number of anilines is 1. The first-order valence-corrected chi connectivity index (χ1v) is 17.4. The summed E-state index contributed by atoms with van der Waals surface area (Å²) in [5.41, 5.74) is -0.373. The van der Waals surface area contributed by atoms with Gasteiger partial charge in [-0.25, -0.2) is 4.79 Å². The molecule has 1 aliphatic heterocycles. The second kappa shape index (κ2) is 13.2. The second-order valence-electron chi connectivity index (χ2n) is 11.8. The van der Waals surface area contributed by atoms with Crippen molar-refractivity contribution < 1.29 is 33.0 Å². The lowest BCUT2D eigenvalue weighted by Gasteiger charge is -2.43. The summed E-state index contributed by atoms with van der Waals surface area (Å²) in [6.45, 7) is 6.06. The van der Waals surface area contributed by atoms with E-state index >= 15 is 0 Å². The first-order valence-electron chi connectivity index (χ1n) is 14.4. The topological polar surface area (TPSA) is 149 Å². The molecule has 2 heterocycles. The number of nitrogens with one attached hydrogen (secondary N) is 1. The van der Waals surface area contributed by atoms with Gasteiger partial charge in [0.25, 0.3) is 20.0 Å². The molecule has 13 heteroatoms. The van der Waals surface area contributed by atoms with Crippen molar-refractivity contribution >= 4 is 38.7 Å². The molecule has 0 aliphatic carbocycles. The van der Waals surface area contributed by atoms with Gasteiger partial charge in [-0.15, -0.1) is 4.89 Å². The number of carbonyl (C=O) groups excluding carboxylic acids is 1. The molecule has 0 bridgehead atoms. The van der Waals surface area contributed by atoms with Crippen LogP contribution in [0.25, 0.3) is 0 Å². The second-order valence-corrected chi connectivity index (χ2v) is 16.7. The van der Waals surface area contributed by atoms with Crippen molar-refractivity contribution in [2.24, 2.45) is 0 Å². The van der Waals surface area contributed by atoms with Crippen molar-refractivity contribution in [3.05, 3.63) is 119 Å². The minimum absolute atomic E-state index is 0.0274. The van der Waals surface area contributed by atoms with E-state index in [-0.39, 0.29) is 18.8 Å². The first-order chi connectivity index (χ1) is 21.4. The van der Waals surface area contributed by atoms with Gasteiger partial charge in [-0.3, -0.25) is 9.36 Å². The van der Waals surface area contributed by atoms with Gasteiger partial charge < -0.3 is 19.6 Å². The van der Waals surface area contributed by atoms with Crippen LogP contribution in [-0.2, 0) is 18.3 Å². The summed E-state index contributed by atoms with van der Waals surface area (Å²) in [6.07, 6.45) is -1.36. The summed E-state index contributed by atoms with van der Waals surface area (Å²) < 4.78 is 31.1. The maximum Gasteiger partial charge on any atom is 0.697 e. The van der Waals surface area contributed by atoms with Crippen LogP contribution in [0, 0.1) is 0 Å². The van der Waals surface area contributed by atoms with E-state index in [1.165, 1.54) is 12.3 Å². The van der Waals surface area contributed by atoms with E-state index in [4.69, 9.17) is 13.7 Å². The Hall–Kier alpha value is -3.87. The number of ether oxygens (including phenoxy) is 1. The van der Waals surface area contributed by atoms with Gasteiger partial charge in [-0.2, -0.15) is 4.98 Å².